The molecule has 1 aliphatic heterocycles. The number of likely N-dealkylation sites (tertiary alicyclic amines) is 1. The maximum Gasteiger partial charge on any atom is 0.200 e. The van der Waals surface area contributed by atoms with Crippen LogP contribution >= 0.6 is 0 Å². The first kappa shape index (κ1) is 22.4. The third-order valence-electron chi connectivity index (χ3n) is 5.62. The number of nitrogens with one attached hydrogen (secondary N) is 3. The molecule has 1 aromatic carbocycles. The van der Waals surface area contributed by atoms with Crippen LogP contribution in [-0.2, 0) is 6.54 Å². The van der Waals surface area contributed by atoms with Gasteiger partial charge in [-0.2, -0.15) is 15.5 Å². The van der Waals surface area contributed by atoms with Crippen molar-refractivity contribution in [3.8, 4) is 6.07 Å². The second-order valence-corrected chi connectivity index (χ2v) is 8.46. The Kier molecular flexibility index (Phi) is 6.90. The smallest absolute Gasteiger partial charge is 0.200 e. The first-order chi connectivity index (χ1) is 16.1. The van der Waals surface area contributed by atoms with Crippen molar-refractivity contribution in [2.75, 3.05) is 18.4 Å². The van der Waals surface area contributed by atoms with Gasteiger partial charge in [-0.05, 0) is 63.5 Å². The van der Waals surface area contributed by atoms with Crippen LogP contribution in [0.25, 0.3) is 5.52 Å². The molecular formula is C23H28N10. The van der Waals surface area contributed by atoms with E-state index >= 15 is 0 Å². The Bertz CT molecular complexity index is 1180. The first-order valence-electron chi connectivity index (χ1n) is 11.1. The molecule has 3 N–H and O–H groups in total. The minimum Gasteiger partial charge on any atom is -0.338 e. The number of piperidine rings is 1. The quantitative estimate of drug-likeness (QED) is 0.219. The van der Waals surface area contributed by atoms with Gasteiger partial charge in [-0.25, -0.2) is 15.0 Å². The molecule has 0 aliphatic carbocycles. The molecule has 33 heavy (non-hydrogen) atoms. The molecule has 0 radical (unpaired) electrons. The van der Waals surface area contributed by atoms with E-state index in [2.05, 4.69) is 48.1 Å². The monoisotopic (exact) mass is 444 g/mol. The molecule has 0 amide bonds. The van der Waals surface area contributed by atoms with E-state index in [1.54, 1.807) is 0 Å². The Morgan fingerprint density at radius 1 is 1.30 bits per heavy atom. The summed E-state index contributed by atoms with van der Waals surface area (Å²) in [7, 11) is 0. The van der Waals surface area contributed by atoms with E-state index in [-0.39, 0.29) is 12.0 Å². The van der Waals surface area contributed by atoms with Crippen LogP contribution in [0.3, 0.4) is 0 Å². The minimum absolute atomic E-state index is 0.149. The van der Waals surface area contributed by atoms with E-state index < -0.39 is 0 Å². The van der Waals surface area contributed by atoms with E-state index in [0.29, 0.717) is 11.7 Å². The third-order valence-corrected chi connectivity index (χ3v) is 5.62. The maximum atomic E-state index is 9.15. The van der Waals surface area contributed by atoms with Crippen LogP contribution in [-0.4, -0.2) is 44.5 Å². The Labute approximate surface area is 192 Å². The number of rotatable bonds is 7. The van der Waals surface area contributed by atoms with Crippen molar-refractivity contribution in [3.05, 3.63) is 54.0 Å². The van der Waals surface area contributed by atoms with Gasteiger partial charge in [-0.1, -0.05) is 12.1 Å². The molecule has 2 aromatic heterocycles. The standard InChI is InChI=1S/C23H28N10/c1-16(2)30-31-22(29-25)18-4-3-5-20(12-18)28-23-21-19(8-11-33(21)27-15-26-23)14-32-9-6-17(13-24)7-10-32/h3-5,8,11-12,15-17,25,30H,6-7,9-10,14H2,1-2H3,(H,26,27,28)/b29-25?,31-22-. The van der Waals surface area contributed by atoms with Crippen LogP contribution in [0.1, 0.15) is 37.8 Å². The van der Waals surface area contributed by atoms with Crippen LogP contribution in [0, 0.1) is 22.8 Å². The van der Waals surface area contributed by atoms with Crippen molar-refractivity contribution in [2.24, 2.45) is 16.1 Å². The average molecular weight is 445 g/mol. The van der Waals surface area contributed by atoms with Crippen LogP contribution in [0.15, 0.2) is 53.1 Å². The summed E-state index contributed by atoms with van der Waals surface area (Å²) in [6.07, 6.45) is 5.29. The number of nitrogens with zero attached hydrogens (tertiary/aromatic N) is 7. The van der Waals surface area contributed by atoms with Crippen molar-refractivity contribution in [1.29, 1.82) is 10.8 Å². The van der Waals surface area contributed by atoms with Crippen LogP contribution in [0.2, 0.25) is 0 Å². The number of aromatic nitrogens is 3. The average Bonchev–Trinajstić information content (AvgIpc) is 3.24. The fourth-order valence-corrected chi connectivity index (χ4v) is 3.92. The summed E-state index contributed by atoms with van der Waals surface area (Å²) in [4.78, 5) is 6.88. The zero-order valence-corrected chi connectivity index (χ0v) is 18.9. The summed E-state index contributed by atoms with van der Waals surface area (Å²) < 4.78 is 1.83. The lowest BCUT2D eigenvalue weighted by atomic mass is 9.98. The van der Waals surface area contributed by atoms with Gasteiger partial charge in [-0.15, -0.1) is 5.11 Å². The Morgan fingerprint density at radius 2 is 2.12 bits per heavy atom. The molecule has 0 bridgehead atoms. The van der Waals surface area contributed by atoms with Gasteiger partial charge in [0, 0.05) is 36.0 Å². The normalized spacial score (nSPS) is 15.5. The number of benzene rings is 1. The van der Waals surface area contributed by atoms with E-state index in [0.717, 1.165) is 54.8 Å². The summed E-state index contributed by atoms with van der Waals surface area (Å²) >= 11 is 0. The maximum absolute atomic E-state index is 9.15. The molecule has 3 aromatic rings. The van der Waals surface area contributed by atoms with Gasteiger partial charge in [0.15, 0.2) is 11.7 Å². The van der Waals surface area contributed by atoms with Crippen LogP contribution in [0.5, 0.6) is 0 Å². The van der Waals surface area contributed by atoms with Gasteiger partial charge in [0.05, 0.1) is 6.07 Å². The molecular weight excluding hydrogens is 416 g/mol. The summed E-state index contributed by atoms with van der Waals surface area (Å²) in [6, 6.07) is 12.2. The Hall–Kier alpha value is -3.84. The highest BCUT2D eigenvalue weighted by Crippen LogP contribution is 2.26. The topological polar surface area (TPSA) is 130 Å². The van der Waals surface area contributed by atoms with Gasteiger partial charge in [0.2, 0.25) is 0 Å². The number of hydrogen-bond donors (Lipinski definition) is 3. The van der Waals surface area contributed by atoms with Crippen LogP contribution in [0.4, 0.5) is 11.5 Å². The highest BCUT2D eigenvalue weighted by atomic mass is 15.3. The molecule has 170 valence electrons. The lowest BCUT2D eigenvalue weighted by molar-refractivity contribution is 0.199. The second kappa shape index (κ2) is 10.2. The molecule has 0 unspecified atom stereocenters. The molecule has 4 rings (SSSR count). The van der Waals surface area contributed by atoms with E-state index in [9.17, 15) is 0 Å². The number of anilines is 2. The van der Waals surface area contributed by atoms with Crippen LogP contribution < -0.4 is 10.7 Å². The summed E-state index contributed by atoms with van der Waals surface area (Å²) in [5.74, 6) is 1.18. The molecule has 10 nitrogen and oxygen atoms in total. The zero-order valence-electron chi connectivity index (χ0n) is 18.9. The number of hydrazone groups is 1. The van der Waals surface area contributed by atoms with Crippen molar-refractivity contribution in [3.63, 3.8) is 0 Å². The number of hydrogen-bond acceptors (Lipinski definition) is 8. The number of nitriles is 1. The highest BCUT2D eigenvalue weighted by molar-refractivity contribution is 5.99. The lowest BCUT2D eigenvalue weighted by Crippen LogP contribution is -2.32. The summed E-state index contributed by atoms with van der Waals surface area (Å²) in [6.45, 7) is 6.56. The molecule has 1 aliphatic rings. The van der Waals surface area contributed by atoms with Gasteiger partial charge >= 0.3 is 0 Å². The third kappa shape index (κ3) is 5.32. The Morgan fingerprint density at radius 3 is 2.85 bits per heavy atom. The molecule has 0 spiro atoms. The lowest BCUT2D eigenvalue weighted by Gasteiger charge is -2.28. The predicted octanol–water partition coefficient (Wildman–Crippen LogP) is 3.90. The van der Waals surface area contributed by atoms with Crippen molar-refractivity contribution >= 4 is 22.9 Å². The van der Waals surface area contributed by atoms with E-state index in [4.69, 9.17) is 10.8 Å². The number of fused-ring (bicyclic) bond motifs is 1. The fourth-order valence-electron chi connectivity index (χ4n) is 3.92. The second-order valence-electron chi connectivity index (χ2n) is 8.46. The fraction of sp³-hybridized carbons (Fsp3) is 0.391. The van der Waals surface area contributed by atoms with Gasteiger partial charge < -0.3 is 10.7 Å². The largest absolute Gasteiger partial charge is 0.338 e. The zero-order chi connectivity index (χ0) is 23.2. The molecule has 0 atom stereocenters. The van der Waals surface area contributed by atoms with E-state index in [1.807, 2.05) is 48.8 Å². The predicted molar refractivity (Wildman–Crippen MR) is 126 cm³/mol. The van der Waals surface area contributed by atoms with Gasteiger partial charge in [-0.3, -0.25) is 4.90 Å². The van der Waals surface area contributed by atoms with E-state index in [1.165, 1.54) is 6.33 Å². The van der Waals surface area contributed by atoms with Crippen molar-refractivity contribution in [1.82, 2.24) is 24.9 Å². The molecule has 1 saturated heterocycles. The molecule has 0 saturated carbocycles. The highest BCUT2D eigenvalue weighted by Gasteiger charge is 2.20. The minimum atomic E-state index is 0.149. The molecule has 1 fully saturated rings. The van der Waals surface area contributed by atoms with Gasteiger partial charge in [0.1, 0.15) is 11.8 Å². The Balaban J connectivity index is 1.57. The van der Waals surface area contributed by atoms with Crippen molar-refractivity contribution < 1.29 is 0 Å². The summed E-state index contributed by atoms with van der Waals surface area (Å²) in [5, 5.41) is 24.7. The number of amidine groups is 1. The first-order valence-corrected chi connectivity index (χ1v) is 11.1. The summed E-state index contributed by atoms with van der Waals surface area (Å²) in [5.41, 5.74) is 14.0. The van der Waals surface area contributed by atoms with Gasteiger partial charge in [0.25, 0.3) is 0 Å². The molecule has 10 heteroatoms. The van der Waals surface area contributed by atoms with Crippen molar-refractivity contribution in [2.45, 2.75) is 39.3 Å². The SMILES string of the molecule is CC(C)N/N=C(\N=N)c1cccc(Nc2ncnn3ccc(CN4CCC(C#N)CC4)c23)c1. The molecule has 3 heterocycles.